The summed E-state index contributed by atoms with van der Waals surface area (Å²) in [6.07, 6.45) is 0.919. The van der Waals surface area contributed by atoms with Crippen LogP contribution in [-0.2, 0) is 6.42 Å². The molecule has 15 heavy (non-hydrogen) atoms. The number of benzene rings is 1. The van der Waals surface area contributed by atoms with Crippen molar-refractivity contribution in [3.8, 4) is 0 Å². The first-order valence-corrected chi connectivity index (χ1v) is 5.35. The zero-order valence-electron chi connectivity index (χ0n) is 9.90. The molecule has 2 nitrogen and oxygen atoms in total. The fourth-order valence-corrected chi connectivity index (χ4v) is 2.01. The lowest BCUT2D eigenvalue weighted by molar-refractivity contribution is 0.109. The molecule has 0 heterocycles. The van der Waals surface area contributed by atoms with Gasteiger partial charge in [0.25, 0.3) is 0 Å². The average Bonchev–Trinajstić information content (AvgIpc) is 2.18. The van der Waals surface area contributed by atoms with Gasteiger partial charge in [-0.25, -0.2) is 0 Å². The molecule has 1 atom stereocenters. The lowest BCUT2D eigenvalue weighted by Crippen LogP contribution is -2.36. The Morgan fingerprint density at radius 1 is 1.20 bits per heavy atom. The van der Waals surface area contributed by atoms with Gasteiger partial charge in [-0.05, 0) is 26.1 Å². The highest BCUT2D eigenvalue weighted by Gasteiger charge is 2.24. The van der Waals surface area contributed by atoms with Crippen LogP contribution < -0.4 is 0 Å². The number of rotatable bonds is 5. The Kier molecular flexibility index (Phi) is 4.30. The smallest absolute Gasteiger partial charge is 0.0500 e. The zero-order chi connectivity index (χ0) is 11.3. The van der Waals surface area contributed by atoms with E-state index in [2.05, 4.69) is 24.0 Å². The van der Waals surface area contributed by atoms with Gasteiger partial charge in [0.05, 0.1) is 0 Å². The Morgan fingerprint density at radius 2 is 1.80 bits per heavy atom. The van der Waals surface area contributed by atoms with Crippen molar-refractivity contribution in [2.45, 2.75) is 13.3 Å². The van der Waals surface area contributed by atoms with E-state index in [1.807, 2.05) is 32.3 Å². The second kappa shape index (κ2) is 5.29. The Labute approximate surface area is 92.5 Å². The molecule has 1 rings (SSSR count). The zero-order valence-corrected chi connectivity index (χ0v) is 9.90. The Bertz CT molecular complexity index is 284. The molecule has 84 valence electrons. The summed E-state index contributed by atoms with van der Waals surface area (Å²) in [4.78, 5) is 2.12. The fourth-order valence-electron chi connectivity index (χ4n) is 2.01. The Morgan fingerprint density at radius 3 is 2.27 bits per heavy atom. The van der Waals surface area contributed by atoms with Crippen LogP contribution in [0.15, 0.2) is 30.3 Å². The molecule has 0 amide bonds. The summed E-state index contributed by atoms with van der Waals surface area (Å²) in [5.74, 6) is 0. The highest BCUT2D eigenvalue weighted by Crippen LogP contribution is 2.22. The first-order valence-electron chi connectivity index (χ1n) is 5.35. The minimum atomic E-state index is -0.0507. The molecular weight excluding hydrogens is 186 g/mol. The topological polar surface area (TPSA) is 23.5 Å². The van der Waals surface area contributed by atoms with E-state index in [0.29, 0.717) is 0 Å². The van der Waals surface area contributed by atoms with Crippen molar-refractivity contribution < 1.29 is 5.11 Å². The van der Waals surface area contributed by atoms with Gasteiger partial charge in [0.1, 0.15) is 0 Å². The van der Waals surface area contributed by atoms with E-state index < -0.39 is 0 Å². The highest BCUT2D eigenvalue weighted by atomic mass is 16.3. The summed E-state index contributed by atoms with van der Waals surface area (Å²) in [5.41, 5.74) is 1.24. The second-order valence-electron chi connectivity index (χ2n) is 4.87. The first kappa shape index (κ1) is 12.2. The predicted molar refractivity (Wildman–Crippen MR) is 63.9 cm³/mol. The second-order valence-corrected chi connectivity index (χ2v) is 4.87. The quantitative estimate of drug-likeness (QED) is 0.795. The lowest BCUT2D eigenvalue weighted by Gasteiger charge is -2.30. The molecule has 1 N–H and O–H groups in total. The van der Waals surface area contributed by atoms with Crippen molar-refractivity contribution in [3.63, 3.8) is 0 Å². The third-order valence-electron chi connectivity index (χ3n) is 2.55. The Hall–Kier alpha value is -0.860. The van der Waals surface area contributed by atoms with Crippen LogP contribution in [0, 0.1) is 5.41 Å². The normalized spacial score (nSPS) is 15.3. The van der Waals surface area contributed by atoms with Crippen LogP contribution in [0.4, 0.5) is 0 Å². The predicted octanol–water partition coefficient (Wildman–Crippen LogP) is 1.79. The van der Waals surface area contributed by atoms with Gasteiger partial charge in [0, 0.05) is 18.6 Å². The molecule has 2 heteroatoms. The largest absolute Gasteiger partial charge is 0.396 e. The van der Waals surface area contributed by atoms with E-state index in [-0.39, 0.29) is 12.0 Å². The van der Waals surface area contributed by atoms with E-state index in [4.69, 9.17) is 0 Å². The molecule has 1 aromatic carbocycles. The molecule has 0 aliphatic heterocycles. The molecule has 0 fully saturated rings. The number of nitrogens with zero attached hydrogens (tertiary/aromatic N) is 1. The third-order valence-corrected chi connectivity index (χ3v) is 2.55. The lowest BCUT2D eigenvalue weighted by atomic mass is 9.84. The summed E-state index contributed by atoms with van der Waals surface area (Å²) in [6, 6.07) is 10.3. The monoisotopic (exact) mass is 207 g/mol. The molecule has 0 aliphatic rings. The number of hydrogen-bond acceptors (Lipinski definition) is 2. The van der Waals surface area contributed by atoms with Crippen molar-refractivity contribution in [1.29, 1.82) is 0 Å². The van der Waals surface area contributed by atoms with Gasteiger partial charge in [0.15, 0.2) is 0 Å². The van der Waals surface area contributed by atoms with E-state index in [9.17, 15) is 5.11 Å². The number of aliphatic hydroxyl groups excluding tert-OH is 1. The number of hydrogen-bond donors (Lipinski definition) is 1. The van der Waals surface area contributed by atoms with Crippen LogP contribution in [0.1, 0.15) is 12.5 Å². The van der Waals surface area contributed by atoms with Crippen molar-refractivity contribution in [2.75, 3.05) is 27.2 Å². The van der Waals surface area contributed by atoms with Crippen molar-refractivity contribution in [2.24, 2.45) is 5.41 Å². The molecule has 0 aliphatic carbocycles. The minimum absolute atomic E-state index is 0.0507. The SMILES string of the molecule is CN(C)CC(C)(CO)Cc1ccccc1. The van der Waals surface area contributed by atoms with Gasteiger partial charge < -0.3 is 10.0 Å². The highest BCUT2D eigenvalue weighted by molar-refractivity contribution is 5.16. The van der Waals surface area contributed by atoms with Crippen LogP contribution in [0.25, 0.3) is 0 Å². The van der Waals surface area contributed by atoms with E-state index >= 15 is 0 Å². The van der Waals surface area contributed by atoms with Crippen molar-refractivity contribution in [1.82, 2.24) is 4.90 Å². The molecule has 0 radical (unpaired) electrons. The molecule has 0 saturated carbocycles. The van der Waals surface area contributed by atoms with Gasteiger partial charge in [-0.15, -0.1) is 0 Å². The van der Waals surface area contributed by atoms with Gasteiger partial charge in [0.2, 0.25) is 0 Å². The van der Waals surface area contributed by atoms with Crippen LogP contribution >= 0.6 is 0 Å². The van der Waals surface area contributed by atoms with Crippen LogP contribution in [0.5, 0.6) is 0 Å². The summed E-state index contributed by atoms with van der Waals surface area (Å²) in [7, 11) is 4.08. The average molecular weight is 207 g/mol. The van der Waals surface area contributed by atoms with Gasteiger partial charge in [-0.2, -0.15) is 0 Å². The molecule has 0 spiro atoms. The molecule has 1 unspecified atom stereocenters. The summed E-state index contributed by atoms with van der Waals surface area (Å²) in [5, 5.41) is 9.47. The molecule has 1 aromatic rings. The van der Waals surface area contributed by atoms with E-state index in [0.717, 1.165) is 13.0 Å². The van der Waals surface area contributed by atoms with E-state index in [1.165, 1.54) is 5.56 Å². The summed E-state index contributed by atoms with van der Waals surface area (Å²) < 4.78 is 0. The van der Waals surface area contributed by atoms with Crippen LogP contribution in [0.2, 0.25) is 0 Å². The standard InChI is InChI=1S/C13H21NO/c1-13(11-15,10-14(2)3)9-12-7-5-4-6-8-12/h4-8,15H,9-11H2,1-3H3. The first-order chi connectivity index (χ1) is 7.06. The maximum atomic E-state index is 9.47. The maximum absolute atomic E-state index is 9.47. The summed E-state index contributed by atoms with van der Waals surface area (Å²) in [6.45, 7) is 3.25. The van der Waals surface area contributed by atoms with Crippen LogP contribution in [-0.4, -0.2) is 37.3 Å². The van der Waals surface area contributed by atoms with Crippen molar-refractivity contribution in [3.05, 3.63) is 35.9 Å². The van der Waals surface area contributed by atoms with E-state index in [1.54, 1.807) is 0 Å². The fraction of sp³-hybridized carbons (Fsp3) is 0.538. The van der Waals surface area contributed by atoms with Crippen LogP contribution in [0.3, 0.4) is 0 Å². The van der Waals surface area contributed by atoms with Crippen molar-refractivity contribution >= 4 is 0 Å². The minimum Gasteiger partial charge on any atom is -0.396 e. The molecule has 0 aromatic heterocycles. The number of aliphatic hydroxyl groups is 1. The Balaban J connectivity index is 2.68. The third kappa shape index (κ3) is 4.02. The maximum Gasteiger partial charge on any atom is 0.0500 e. The van der Waals surface area contributed by atoms with Gasteiger partial charge >= 0.3 is 0 Å². The molecular formula is C13H21NO. The molecule has 0 saturated heterocycles. The van der Waals surface area contributed by atoms with Gasteiger partial charge in [-0.3, -0.25) is 0 Å². The molecule has 0 bridgehead atoms. The van der Waals surface area contributed by atoms with Gasteiger partial charge in [-0.1, -0.05) is 37.3 Å². The summed E-state index contributed by atoms with van der Waals surface area (Å²) >= 11 is 0.